The molecule has 0 saturated heterocycles. The molecule has 2 rings (SSSR count). The third-order valence-electron chi connectivity index (χ3n) is 4.92. The fourth-order valence-corrected chi connectivity index (χ4v) is 3.27. The van der Waals surface area contributed by atoms with Gasteiger partial charge in [-0.15, -0.1) is 0 Å². The molecule has 0 aliphatic heterocycles. The largest absolute Gasteiger partial charge is 0.490 e. The number of hydrogen-bond acceptors (Lipinski definition) is 3. The first-order valence-electron chi connectivity index (χ1n) is 10.5. The highest BCUT2D eigenvalue weighted by atomic mass is 19.1. The minimum atomic E-state index is -0.615. The quantitative estimate of drug-likeness (QED) is 0.361. The number of unbranched alkanes of at least 4 members (excludes halogenated alkanes) is 8. The zero-order valence-electron chi connectivity index (χ0n) is 16.8. The van der Waals surface area contributed by atoms with E-state index in [0.29, 0.717) is 17.8 Å². The highest BCUT2D eigenvalue weighted by Gasteiger charge is 2.14. The molecule has 1 aromatic carbocycles. The van der Waals surface area contributed by atoms with Gasteiger partial charge in [0, 0.05) is 6.42 Å². The number of hydrogen-bond donors (Lipinski definition) is 0. The SMILES string of the molecule is CCCCCCCCCCc1cc2ccc(OCCCC)c(F)c2c(=O)o1. The molecule has 0 bridgehead atoms. The van der Waals surface area contributed by atoms with Crippen LogP contribution in [-0.2, 0) is 6.42 Å². The van der Waals surface area contributed by atoms with Gasteiger partial charge in [0.1, 0.15) is 11.1 Å². The van der Waals surface area contributed by atoms with Gasteiger partial charge in [0.2, 0.25) is 0 Å². The van der Waals surface area contributed by atoms with Crippen molar-refractivity contribution in [2.24, 2.45) is 0 Å². The van der Waals surface area contributed by atoms with Gasteiger partial charge in [-0.05, 0) is 30.4 Å². The van der Waals surface area contributed by atoms with Crippen molar-refractivity contribution in [3.8, 4) is 5.75 Å². The Morgan fingerprint density at radius 2 is 1.59 bits per heavy atom. The molecule has 27 heavy (non-hydrogen) atoms. The Bertz CT molecular complexity index is 751. The molecular weight excluding hydrogens is 343 g/mol. The van der Waals surface area contributed by atoms with E-state index in [1.54, 1.807) is 18.2 Å². The van der Waals surface area contributed by atoms with Crippen LogP contribution in [0, 0.1) is 5.82 Å². The van der Waals surface area contributed by atoms with Crippen LogP contribution in [0.15, 0.2) is 27.4 Å². The Morgan fingerprint density at radius 3 is 2.30 bits per heavy atom. The van der Waals surface area contributed by atoms with Crippen LogP contribution in [0.3, 0.4) is 0 Å². The van der Waals surface area contributed by atoms with E-state index in [0.717, 1.165) is 32.1 Å². The zero-order chi connectivity index (χ0) is 19.5. The van der Waals surface area contributed by atoms with Crippen molar-refractivity contribution in [1.29, 1.82) is 0 Å². The van der Waals surface area contributed by atoms with Crippen LogP contribution in [0.5, 0.6) is 5.75 Å². The summed E-state index contributed by atoms with van der Waals surface area (Å²) in [5.41, 5.74) is -0.611. The van der Waals surface area contributed by atoms with E-state index in [9.17, 15) is 9.18 Å². The van der Waals surface area contributed by atoms with E-state index in [4.69, 9.17) is 9.15 Å². The van der Waals surface area contributed by atoms with Gasteiger partial charge in [-0.25, -0.2) is 9.18 Å². The zero-order valence-corrected chi connectivity index (χ0v) is 16.8. The Balaban J connectivity index is 1.92. The van der Waals surface area contributed by atoms with Crippen molar-refractivity contribution in [2.45, 2.75) is 84.5 Å². The number of ether oxygens (including phenoxy) is 1. The summed E-state index contributed by atoms with van der Waals surface area (Å²) >= 11 is 0. The van der Waals surface area contributed by atoms with Crippen molar-refractivity contribution in [3.63, 3.8) is 0 Å². The minimum absolute atomic E-state index is 0.0105. The second-order valence-electron chi connectivity index (χ2n) is 7.27. The van der Waals surface area contributed by atoms with Crippen molar-refractivity contribution in [1.82, 2.24) is 0 Å². The summed E-state index contributed by atoms with van der Waals surface area (Å²) < 4.78 is 25.4. The molecule has 2 aromatic rings. The van der Waals surface area contributed by atoms with E-state index in [-0.39, 0.29) is 11.1 Å². The summed E-state index contributed by atoms with van der Waals surface area (Å²) in [6, 6.07) is 5.14. The number of benzene rings is 1. The lowest BCUT2D eigenvalue weighted by molar-refractivity contribution is 0.295. The topological polar surface area (TPSA) is 39.4 Å². The van der Waals surface area contributed by atoms with Gasteiger partial charge in [-0.1, -0.05) is 71.3 Å². The van der Waals surface area contributed by atoms with Crippen LogP contribution >= 0.6 is 0 Å². The van der Waals surface area contributed by atoms with E-state index < -0.39 is 11.4 Å². The maximum atomic E-state index is 14.6. The van der Waals surface area contributed by atoms with E-state index in [1.165, 1.54) is 38.5 Å². The number of halogens is 1. The fraction of sp³-hybridized carbons (Fsp3) is 0.609. The Hall–Kier alpha value is -1.84. The summed E-state index contributed by atoms with van der Waals surface area (Å²) in [5.74, 6) is 0.146. The first kappa shape index (κ1) is 21.5. The van der Waals surface area contributed by atoms with Gasteiger partial charge in [-0.3, -0.25) is 0 Å². The molecule has 0 fully saturated rings. The maximum absolute atomic E-state index is 14.6. The third kappa shape index (κ3) is 6.67. The van der Waals surface area contributed by atoms with Crippen molar-refractivity contribution >= 4 is 10.8 Å². The van der Waals surface area contributed by atoms with E-state index >= 15 is 0 Å². The molecule has 0 saturated carbocycles. The molecule has 0 radical (unpaired) electrons. The van der Waals surface area contributed by atoms with Gasteiger partial charge < -0.3 is 9.15 Å². The summed E-state index contributed by atoms with van der Waals surface area (Å²) in [7, 11) is 0. The van der Waals surface area contributed by atoms with Crippen LogP contribution in [0.4, 0.5) is 4.39 Å². The summed E-state index contributed by atoms with van der Waals surface area (Å²) in [4.78, 5) is 12.3. The lowest BCUT2D eigenvalue weighted by atomic mass is 10.1. The van der Waals surface area contributed by atoms with Gasteiger partial charge in [0.05, 0.1) is 6.61 Å². The summed E-state index contributed by atoms with van der Waals surface area (Å²) in [6.45, 7) is 4.72. The number of rotatable bonds is 13. The molecule has 0 amide bonds. The average molecular weight is 377 g/mol. The fourth-order valence-electron chi connectivity index (χ4n) is 3.27. The normalized spacial score (nSPS) is 11.2. The molecule has 4 heteroatoms. The monoisotopic (exact) mass is 376 g/mol. The first-order valence-corrected chi connectivity index (χ1v) is 10.5. The van der Waals surface area contributed by atoms with Crippen molar-refractivity contribution in [3.05, 3.63) is 40.2 Å². The molecule has 0 aliphatic rings. The smallest absolute Gasteiger partial charge is 0.346 e. The van der Waals surface area contributed by atoms with E-state index in [1.807, 2.05) is 6.92 Å². The maximum Gasteiger partial charge on any atom is 0.346 e. The standard InChI is InChI=1S/C23H33FO3/c1-3-5-7-8-9-10-11-12-13-19-17-18-14-15-20(26-16-6-4-2)22(24)21(18)23(25)27-19/h14-15,17H,3-13,16H2,1-2H3. The van der Waals surface area contributed by atoms with Gasteiger partial charge in [0.25, 0.3) is 0 Å². The lowest BCUT2D eigenvalue weighted by Gasteiger charge is -2.09. The predicted molar refractivity (Wildman–Crippen MR) is 109 cm³/mol. The van der Waals surface area contributed by atoms with Crippen molar-refractivity contribution in [2.75, 3.05) is 6.61 Å². The van der Waals surface area contributed by atoms with Crippen LogP contribution in [-0.4, -0.2) is 6.61 Å². The Kier molecular flexibility index (Phi) is 9.37. The summed E-state index contributed by atoms with van der Waals surface area (Å²) in [5, 5.41) is 0.574. The van der Waals surface area contributed by atoms with Crippen LogP contribution in [0.1, 0.15) is 83.8 Å². The molecule has 0 unspecified atom stereocenters. The lowest BCUT2D eigenvalue weighted by Crippen LogP contribution is -2.07. The van der Waals surface area contributed by atoms with Gasteiger partial charge in [-0.2, -0.15) is 0 Å². The molecule has 0 N–H and O–H groups in total. The number of fused-ring (bicyclic) bond motifs is 1. The Morgan fingerprint density at radius 1 is 0.926 bits per heavy atom. The first-order chi connectivity index (χ1) is 13.2. The third-order valence-corrected chi connectivity index (χ3v) is 4.92. The molecule has 1 heterocycles. The van der Waals surface area contributed by atoms with Gasteiger partial charge in [0.15, 0.2) is 11.6 Å². The van der Waals surface area contributed by atoms with Crippen LogP contribution in [0.2, 0.25) is 0 Å². The molecule has 0 aliphatic carbocycles. The van der Waals surface area contributed by atoms with Crippen molar-refractivity contribution < 1.29 is 13.5 Å². The highest BCUT2D eigenvalue weighted by molar-refractivity contribution is 5.83. The highest BCUT2D eigenvalue weighted by Crippen LogP contribution is 2.25. The summed E-state index contributed by atoms with van der Waals surface area (Å²) in [6.07, 6.45) is 12.4. The van der Waals surface area contributed by atoms with Gasteiger partial charge >= 0.3 is 5.63 Å². The predicted octanol–water partition coefficient (Wildman–Crippen LogP) is 6.79. The molecular formula is C23H33FO3. The molecule has 1 aromatic heterocycles. The molecule has 0 atom stereocenters. The average Bonchev–Trinajstić information content (AvgIpc) is 2.65. The molecule has 3 nitrogen and oxygen atoms in total. The van der Waals surface area contributed by atoms with E-state index in [2.05, 4.69) is 6.92 Å². The van der Waals surface area contributed by atoms with Crippen LogP contribution < -0.4 is 10.4 Å². The second kappa shape index (κ2) is 11.8. The van der Waals surface area contributed by atoms with Crippen LogP contribution in [0.25, 0.3) is 10.8 Å². The molecule has 0 spiro atoms. The number of aryl methyl sites for hydroxylation is 1. The minimum Gasteiger partial charge on any atom is -0.490 e. The Labute approximate surface area is 161 Å². The second-order valence-corrected chi connectivity index (χ2v) is 7.27. The molecule has 150 valence electrons.